The van der Waals surface area contributed by atoms with Crippen molar-refractivity contribution in [2.45, 2.75) is 33.7 Å². The molecule has 0 amide bonds. The van der Waals surface area contributed by atoms with Crippen LogP contribution in [0.4, 0.5) is 10.1 Å². The second kappa shape index (κ2) is 5.43. The molecule has 0 fully saturated rings. The Balaban J connectivity index is 2.22. The third kappa shape index (κ3) is 3.34. The summed E-state index contributed by atoms with van der Waals surface area (Å²) in [6.07, 6.45) is 0. The lowest BCUT2D eigenvalue weighted by atomic mass is 10.00. The molecule has 2 aromatic carbocycles. The van der Waals surface area contributed by atoms with Crippen LogP contribution in [0.1, 0.15) is 35.2 Å². The zero-order valence-corrected chi connectivity index (χ0v) is 11.9. The van der Waals surface area contributed by atoms with Gasteiger partial charge in [0.25, 0.3) is 0 Å². The maximum absolute atomic E-state index is 13.4. The Morgan fingerprint density at radius 2 is 1.68 bits per heavy atom. The summed E-state index contributed by atoms with van der Waals surface area (Å²) in [5.74, 6) is -0.199. The fraction of sp³-hybridized carbons (Fsp3) is 0.294. The van der Waals surface area contributed by atoms with E-state index >= 15 is 0 Å². The number of hydrogen-bond acceptors (Lipinski definition) is 1. The third-order valence-electron chi connectivity index (χ3n) is 3.32. The summed E-state index contributed by atoms with van der Waals surface area (Å²) in [5, 5.41) is 3.36. The van der Waals surface area contributed by atoms with Crippen LogP contribution in [-0.2, 0) is 0 Å². The Morgan fingerprint density at radius 3 is 2.32 bits per heavy atom. The largest absolute Gasteiger partial charge is 0.378 e. The van der Waals surface area contributed by atoms with Gasteiger partial charge in [0.2, 0.25) is 0 Å². The minimum Gasteiger partial charge on any atom is -0.378 e. The molecule has 0 saturated carbocycles. The molecular formula is C17H20FN. The topological polar surface area (TPSA) is 12.0 Å². The smallest absolute Gasteiger partial charge is 0.125 e. The molecule has 0 heterocycles. The van der Waals surface area contributed by atoms with Gasteiger partial charge in [0, 0.05) is 11.7 Å². The first-order valence-corrected chi connectivity index (χ1v) is 6.56. The highest BCUT2D eigenvalue weighted by Crippen LogP contribution is 2.24. The number of aryl methyl sites for hydroxylation is 3. The summed E-state index contributed by atoms with van der Waals surface area (Å²) in [4.78, 5) is 0. The maximum atomic E-state index is 13.4. The Hall–Kier alpha value is -1.83. The maximum Gasteiger partial charge on any atom is 0.125 e. The number of benzene rings is 2. The highest BCUT2D eigenvalue weighted by Gasteiger charge is 2.09. The summed E-state index contributed by atoms with van der Waals surface area (Å²) >= 11 is 0. The van der Waals surface area contributed by atoms with Crippen LogP contribution in [0.5, 0.6) is 0 Å². The Kier molecular flexibility index (Phi) is 3.89. The fourth-order valence-corrected chi connectivity index (χ4v) is 2.46. The van der Waals surface area contributed by atoms with Gasteiger partial charge < -0.3 is 5.32 Å². The van der Waals surface area contributed by atoms with E-state index in [9.17, 15) is 4.39 Å². The van der Waals surface area contributed by atoms with Crippen LogP contribution in [0, 0.1) is 26.6 Å². The first kappa shape index (κ1) is 13.6. The van der Waals surface area contributed by atoms with Crippen LogP contribution < -0.4 is 5.32 Å². The van der Waals surface area contributed by atoms with E-state index in [4.69, 9.17) is 0 Å². The predicted molar refractivity (Wildman–Crippen MR) is 79.1 cm³/mol. The minimum absolute atomic E-state index is 0.154. The van der Waals surface area contributed by atoms with E-state index in [2.05, 4.69) is 44.3 Å². The van der Waals surface area contributed by atoms with E-state index in [0.29, 0.717) is 0 Å². The van der Waals surface area contributed by atoms with Gasteiger partial charge in [0.1, 0.15) is 5.82 Å². The predicted octanol–water partition coefficient (Wildman–Crippen LogP) is 4.92. The van der Waals surface area contributed by atoms with Crippen molar-refractivity contribution in [1.29, 1.82) is 0 Å². The minimum atomic E-state index is -0.199. The molecule has 1 N–H and O–H groups in total. The zero-order valence-electron chi connectivity index (χ0n) is 11.9. The van der Waals surface area contributed by atoms with E-state index in [0.717, 1.165) is 11.3 Å². The van der Waals surface area contributed by atoms with Crippen molar-refractivity contribution in [2.24, 2.45) is 0 Å². The average Bonchev–Trinajstić information content (AvgIpc) is 2.26. The molecule has 1 atom stereocenters. The number of nitrogens with one attached hydrogen (secondary N) is 1. The molecule has 0 aliphatic rings. The van der Waals surface area contributed by atoms with Gasteiger partial charge in [-0.1, -0.05) is 23.8 Å². The summed E-state index contributed by atoms with van der Waals surface area (Å²) < 4.78 is 13.4. The Morgan fingerprint density at radius 1 is 0.947 bits per heavy atom. The van der Waals surface area contributed by atoms with Crippen LogP contribution in [0.2, 0.25) is 0 Å². The summed E-state index contributed by atoms with van der Waals surface area (Å²) in [6, 6.07) is 11.6. The molecule has 0 bridgehead atoms. The van der Waals surface area contributed by atoms with E-state index < -0.39 is 0 Å². The van der Waals surface area contributed by atoms with Crippen LogP contribution in [-0.4, -0.2) is 0 Å². The van der Waals surface area contributed by atoms with Crippen molar-refractivity contribution in [2.75, 3.05) is 5.32 Å². The second-order valence-corrected chi connectivity index (χ2v) is 5.24. The van der Waals surface area contributed by atoms with Gasteiger partial charge in [-0.15, -0.1) is 0 Å². The number of halogens is 1. The first-order chi connectivity index (χ1) is 8.95. The molecule has 1 nitrogen and oxygen atoms in total. The highest BCUT2D eigenvalue weighted by molar-refractivity contribution is 5.48. The summed E-state index contributed by atoms with van der Waals surface area (Å²) in [6.45, 7) is 8.19. The lowest BCUT2D eigenvalue weighted by Crippen LogP contribution is -2.08. The molecule has 0 spiro atoms. The highest BCUT2D eigenvalue weighted by atomic mass is 19.1. The molecular weight excluding hydrogens is 237 g/mol. The van der Waals surface area contributed by atoms with Gasteiger partial charge in [-0.05, 0) is 62.6 Å². The van der Waals surface area contributed by atoms with Crippen molar-refractivity contribution in [3.8, 4) is 0 Å². The van der Waals surface area contributed by atoms with Crippen molar-refractivity contribution < 1.29 is 4.39 Å². The summed E-state index contributed by atoms with van der Waals surface area (Å²) in [5.41, 5.74) is 5.51. The van der Waals surface area contributed by atoms with E-state index in [1.54, 1.807) is 0 Å². The van der Waals surface area contributed by atoms with Gasteiger partial charge in [-0.3, -0.25) is 0 Å². The molecule has 1 unspecified atom stereocenters. The van der Waals surface area contributed by atoms with Gasteiger partial charge in [-0.2, -0.15) is 0 Å². The average molecular weight is 257 g/mol. The standard InChI is InChI=1S/C17H20FN/c1-11-5-6-17(13(3)7-11)14(4)19-16-9-12(2)8-15(18)10-16/h5-10,14,19H,1-4H3. The van der Waals surface area contributed by atoms with E-state index in [1.807, 2.05) is 13.0 Å². The van der Waals surface area contributed by atoms with Crippen molar-refractivity contribution in [3.05, 3.63) is 64.5 Å². The Labute approximate surface area is 114 Å². The van der Waals surface area contributed by atoms with Crippen LogP contribution >= 0.6 is 0 Å². The second-order valence-electron chi connectivity index (χ2n) is 5.24. The lowest BCUT2D eigenvalue weighted by molar-refractivity contribution is 0.626. The van der Waals surface area contributed by atoms with E-state index in [-0.39, 0.29) is 11.9 Å². The summed E-state index contributed by atoms with van der Waals surface area (Å²) in [7, 11) is 0. The van der Waals surface area contributed by atoms with Crippen LogP contribution in [0.3, 0.4) is 0 Å². The monoisotopic (exact) mass is 257 g/mol. The van der Waals surface area contributed by atoms with Gasteiger partial charge >= 0.3 is 0 Å². The molecule has 0 radical (unpaired) electrons. The third-order valence-corrected chi connectivity index (χ3v) is 3.32. The molecule has 19 heavy (non-hydrogen) atoms. The lowest BCUT2D eigenvalue weighted by Gasteiger charge is -2.18. The molecule has 0 aromatic heterocycles. The van der Waals surface area contributed by atoms with Crippen molar-refractivity contribution >= 4 is 5.69 Å². The molecule has 100 valence electrons. The molecule has 2 aromatic rings. The number of hydrogen-bond donors (Lipinski definition) is 1. The van der Waals surface area contributed by atoms with Crippen LogP contribution in [0.15, 0.2) is 36.4 Å². The van der Waals surface area contributed by atoms with Gasteiger partial charge in [-0.25, -0.2) is 4.39 Å². The fourth-order valence-electron chi connectivity index (χ4n) is 2.46. The SMILES string of the molecule is Cc1cc(F)cc(NC(C)c2ccc(C)cc2C)c1. The Bertz CT molecular complexity index is 570. The van der Waals surface area contributed by atoms with E-state index in [1.165, 1.54) is 28.8 Å². The normalized spacial score (nSPS) is 12.3. The molecule has 0 saturated heterocycles. The van der Waals surface area contributed by atoms with Crippen molar-refractivity contribution in [3.63, 3.8) is 0 Å². The van der Waals surface area contributed by atoms with Gasteiger partial charge in [0.15, 0.2) is 0 Å². The zero-order chi connectivity index (χ0) is 14.0. The quantitative estimate of drug-likeness (QED) is 0.822. The molecule has 0 aliphatic heterocycles. The molecule has 2 heteroatoms. The van der Waals surface area contributed by atoms with Gasteiger partial charge in [0.05, 0.1) is 0 Å². The number of rotatable bonds is 3. The molecule has 0 aliphatic carbocycles. The first-order valence-electron chi connectivity index (χ1n) is 6.56. The molecule has 2 rings (SSSR count). The number of anilines is 1. The van der Waals surface area contributed by atoms with Crippen LogP contribution in [0.25, 0.3) is 0 Å². The van der Waals surface area contributed by atoms with Crippen molar-refractivity contribution in [1.82, 2.24) is 0 Å².